The highest BCUT2D eigenvalue weighted by molar-refractivity contribution is 5.98. The van der Waals surface area contributed by atoms with E-state index in [1.807, 2.05) is 54.6 Å². The number of hydrogen-bond acceptors (Lipinski definition) is 8. The Balaban J connectivity index is 1.29. The highest BCUT2D eigenvalue weighted by atomic mass is 16.5. The number of ether oxygens (including phenoxy) is 1. The highest BCUT2D eigenvalue weighted by Crippen LogP contribution is 2.35. The molecule has 168 valence electrons. The van der Waals surface area contributed by atoms with Gasteiger partial charge in [-0.3, -0.25) is 5.32 Å². The molecule has 33 heavy (non-hydrogen) atoms. The molecule has 2 aromatic heterocycles. The van der Waals surface area contributed by atoms with E-state index < -0.39 is 0 Å². The minimum Gasteiger partial charge on any atom is -0.457 e. The first-order chi connectivity index (χ1) is 16.3. The number of nitrogens with one attached hydrogen (secondary N) is 1. The third kappa shape index (κ3) is 3.80. The van der Waals surface area contributed by atoms with Crippen LogP contribution in [0.4, 0.5) is 5.82 Å². The van der Waals surface area contributed by atoms with E-state index in [4.69, 9.17) is 15.6 Å². The van der Waals surface area contributed by atoms with Gasteiger partial charge in [0.25, 0.3) is 0 Å². The summed E-state index contributed by atoms with van der Waals surface area (Å²) < 4.78 is 7.99. The van der Waals surface area contributed by atoms with Gasteiger partial charge in [0.1, 0.15) is 29.3 Å². The van der Waals surface area contributed by atoms with Crippen molar-refractivity contribution in [1.82, 2.24) is 35.1 Å². The lowest BCUT2D eigenvalue weighted by Crippen LogP contribution is -2.61. The van der Waals surface area contributed by atoms with Gasteiger partial charge < -0.3 is 10.5 Å². The molecule has 2 aliphatic rings. The van der Waals surface area contributed by atoms with E-state index in [0.717, 1.165) is 73.1 Å². The van der Waals surface area contributed by atoms with Crippen LogP contribution in [0.3, 0.4) is 0 Å². The summed E-state index contributed by atoms with van der Waals surface area (Å²) in [5.74, 6) is 2.03. The van der Waals surface area contributed by atoms with E-state index in [1.165, 1.54) is 6.33 Å². The lowest BCUT2D eigenvalue weighted by molar-refractivity contribution is -0.107. The third-order valence-electron chi connectivity index (χ3n) is 6.40. The predicted octanol–water partition coefficient (Wildman–Crippen LogP) is 3.24. The van der Waals surface area contributed by atoms with Crippen molar-refractivity contribution in [3.05, 3.63) is 60.9 Å². The van der Waals surface area contributed by atoms with Gasteiger partial charge in [-0.25, -0.2) is 24.7 Å². The molecule has 0 spiro atoms. The molecule has 9 heteroatoms. The van der Waals surface area contributed by atoms with Crippen molar-refractivity contribution in [3.8, 4) is 22.8 Å². The SMILES string of the molecule is Nc1ncnc2c1c(-c1ccc(Oc3ccccc3)cc1)nn2C1CCN(N2CNC2)CC1. The molecule has 0 saturated carbocycles. The van der Waals surface area contributed by atoms with Crippen LogP contribution < -0.4 is 15.8 Å². The third-order valence-corrected chi connectivity index (χ3v) is 6.40. The van der Waals surface area contributed by atoms with Crippen LogP contribution in [0.15, 0.2) is 60.9 Å². The number of nitrogens with zero attached hydrogens (tertiary/aromatic N) is 6. The molecule has 0 radical (unpaired) electrons. The predicted molar refractivity (Wildman–Crippen MR) is 126 cm³/mol. The van der Waals surface area contributed by atoms with Crippen molar-refractivity contribution < 1.29 is 4.74 Å². The fourth-order valence-corrected chi connectivity index (χ4v) is 4.55. The molecule has 3 N–H and O–H groups in total. The Kier molecular flexibility index (Phi) is 5.14. The molecule has 0 amide bonds. The molecule has 9 nitrogen and oxygen atoms in total. The van der Waals surface area contributed by atoms with Gasteiger partial charge in [-0.1, -0.05) is 18.2 Å². The smallest absolute Gasteiger partial charge is 0.164 e. The highest BCUT2D eigenvalue weighted by Gasteiger charge is 2.29. The maximum atomic E-state index is 6.31. The molecule has 2 saturated heterocycles. The molecule has 2 aliphatic heterocycles. The van der Waals surface area contributed by atoms with E-state index >= 15 is 0 Å². The van der Waals surface area contributed by atoms with Crippen molar-refractivity contribution in [3.63, 3.8) is 0 Å². The first-order valence-corrected chi connectivity index (χ1v) is 11.3. The first-order valence-electron chi connectivity index (χ1n) is 11.3. The van der Waals surface area contributed by atoms with Crippen LogP contribution in [0.2, 0.25) is 0 Å². The van der Waals surface area contributed by atoms with Crippen molar-refractivity contribution >= 4 is 16.9 Å². The topological polar surface area (TPSA) is 97.4 Å². The van der Waals surface area contributed by atoms with Crippen LogP contribution in [0.1, 0.15) is 18.9 Å². The maximum absolute atomic E-state index is 6.31. The summed E-state index contributed by atoms with van der Waals surface area (Å²) in [5.41, 5.74) is 8.87. The van der Waals surface area contributed by atoms with Crippen LogP contribution >= 0.6 is 0 Å². The van der Waals surface area contributed by atoms with Gasteiger partial charge in [0, 0.05) is 18.7 Å². The molecular formula is C24H26N8O. The summed E-state index contributed by atoms with van der Waals surface area (Å²) in [6.45, 7) is 3.89. The lowest BCUT2D eigenvalue weighted by atomic mass is 10.1. The first kappa shape index (κ1) is 20.1. The Hall–Kier alpha value is -3.53. The van der Waals surface area contributed by atoms with E-state index in [9.17, 15) is 0 Å². The Morgan fingerprint density at radius 3 is 2.30 bits per heavy atom. The van der Waals surface area contributed by atoms with Gasteiger partial charge in [-0.05, 0) is 49.2 Å². The minimum absolute atomic E-state index is 0.279. The molecule has 0 aliphatic carbocycles. The number of hydrogen-bond donors (Lipinski definition) is 2. The van der Waals surface area contributed by atoms with Crippen molar-refractivity contribution in [2.24, 2.45) is 0 Å². The monoisotopic (exact) mass is 442 g/mol. The summed E-state index contributed by atoms with van der Waals surface area (Å²) in [7, 11) is 0. The molecule has 2 fully saturated rings. The zero-order valence-corrected chi connectivity index (χ0v) is 18.3. The molecule has 0 atom stereocenters. The van der Waals surface area contributed by atoms with Crippen LogP contribution in [0, 0.1) is 0 Å². The zero-order valence-electron chi connectivity index (χ0n) is 18.3. The quantitative estimate of drug-likeness (QED) is 0.486. The Labute approximate surface area is 191 Å². The summed E-state index contributed by atoms with van der Waals surface area (Å²) in [6, 6.07) is 18.0. The van der Waals surface area contributed by atoms with Crippen LogP contribution in [0.5, 0.6) is 11.5 Å². The standard InChI is InChI=1S/C24H26N8O/c25-23-21-22(17-6-8-20(9-7-17)33-19-4-2-1-3-5-19)29-32(24(21)28-14-27-23)18-10-12-30(13-11-18)31-15-26-16-31/h1-9,14,18,26H,10-13,15-16H2,(H2,25,27,28). The van der Waals surface area contributed by atoms with Gasteiger partial charge in [-0.2, -0.15) is 5.10 Å². The van der Waals surface area contributed by atoms with Crippen LogP contribution in [0.25, 0.3) is 22.3 Å². The van der Waals surface area contributed by atoms with Gasteiger partial charge in [-0.15, -0.1) is 0 Å². The number of nitrogen functional groups attached to an aromatic ring is 1. The molecule has 6 rings (SSSR count). The average Bonchev–Trinajstić information content (AvgIpc) is 3.21. The average molecular weight is 443 g/mol. The molecule has 4 heterocycles. The number of rotatable bonds is 5. The van der Waals surface area contributed by atoms with E-state index in [0.29, 0.717) is 5.82 Å². The number of benzene rings is 2. The Bertz CT molecular complexity index is 1240. The molecule has 4 aromatic rings. The van der Waals surface area contributed by atoms with Gasteiger partial charge >= 0.3 is 0 Å². The molecule has 0 unspecified atom stereocenters. The number of aromatic nitrogens is 4. The Morgan fingerprint density at radius 2 is 1.61 bits per heavy atom. The van der Waals surface area contributed by atoms with E-state index in [-0.39, 0.29) is 6.04 Å². The van der Waals surface area contributed by atoms with Crippen LogP contribution in [-0.4, -0.2) is 56.2 Å². The van der Waals surface area contributed by atoms with Crippen molar-refractivity contribution in [2.45, 2.75) is 18.9 Å². The maximum Gasteiger partial charge on any atom is 0.164 e. The lowest BCUT2D eigenvalue weighted by Gasteiger charge is -2.44. The normalized spacial score (nSPS) is 17.8. The molecule has 2 aromatic carbocycles. The van der Waals surface area contributed by atoms with Crippen molar-refractivity contribution in [2.75, 3.05) is 32.2 Å². The number of piperidine rings is 1. The number of hydrazine groups is 1. The number of para-hydroxylation sites is 1. The van der Waals surface area contributed by atoms with E-state index in [2.05, 4.69) is 30.0 Å². The second-order valence-corrected chi connectivity index (χ2v) is 8.45. The molecular weight excluding hydrogens is 416 g/mol. The zero-order chi connectivity index (χ0) is 22.2. The summed E-state index contributed by atoms with van der Waals surface area (Å²) >= 11 is 0. The number of nitrogens with two attached hydrogens (primary N) is 1. The van der Waals surface area contributed by atoms with Crippen LogP contribution in [-0.2, 0) is 0 Å². The largest absolute Gasteiger partial charge is 0.457 e. The van der Waals surface area contributed by atoms with Gasteiger partial charge in [0.2, 0.25) is 0 Å². The van der Waals surface area contributed by atoms with E-state index in [1.54, 1.807) is 0 Å². The number of anilines is 1. The summed E-state index contributed by atoms with van der Waals surface area (Å²) in [4.78, 5) is 8.81. The fourth-order valence-electron chi connectivity index (χ4n) is 4.55. The minimum atomic E-state index is 0.279. The summed E-state index contributed by atoms with van der Waals surface area (Å²) in [6.07, 6.45) is 3.55. The van der Waals surface area contributed by atoms with Gasteiger partial charge in [0.15, 0.2) is 5.65 Å². The second-order valence-electron chi connectivity index (χ2n) is 8.45. The van der Waals surface area contributed by atoms with Crippen molar-refractivity contribution in [1.29, 1.82) is 0 Å². The second kappa shape index (κ2) is 8.43. The fraction of sp³-hybridized carbons (Fsp3) is 0.292. The van der Waals surface area contributed by atoms with Gasteiger partial charge in [0.05, 0.1) is 24.8 Å². The molecule has 0 bridgehead atoms. The Morgan fingerprint density at radius 1 is 0.879 bits per heavy atom. The number of fused-ring (bicyclic) bond motifs is 1. The summed E-state index contributed by atoms with van der Waals surface area (Å²) in [5, 5.41) is 13.9.